The summed E-state index contributed by atoms with van der Waals surface area (Å²) < 4.78 is 5.05. The van der Waals surface area contributed by atoms with E-state index in [9.17, 15) is 4.79 Å². The molecule has 0 aliphatic rings. The van der Waals surface area contributed by atoms with Gasteiger partial charge in [0.15, 0.2) is 0 Å². The Balaban J connectivity index is 1.95. The number of carbonyl (C=O) groups is 1. The molecule has 172 valence electrons. The van der Waals surface area contributed by atoms with E-state index in [1.807, 2.05) is 0 Å². The number of benzene rings is 1. The van der Waals surface area contributed by atoms with Crippen molar-refractivity contribution in [1.82, 2.24) is 0 Å². The lowest BCUT2D eigenvalue weighted by Gasteiger charge is -2.08. The molecule has 0 aromatic heterocycles. The summed E-state index contributed by atoms with van der Waals surface area (Å²) in [7, 11) is 0. The minimum absolute atomic E-state index is 0.0565. The van der Waals surface area contributed by atoms with Gasteiger partial charge in [-0.1, -0.05) is 89.7 Å². The Hall–Kier alpha value is -1.55. The average Bonchev–Trinajstić information content (AvgIpc) is 2.76. The highest BCUT2D eigenvalue weighted by Crippen LogP contribution is 2.14. The molecule has 0 bridgehead atoms. The zero-order valence-corrected chi connectivity index (χ0v) is 19.3. The molecule has 0 fully saturated rings. The van der Waals surface area contributed by atoms with Gasteiger partial charge in [0.2, 0.25) is 0 Å². The number of aliphatic hydroxyl groups is 1. The maximum Gasteiger partial charge on any atom is 0.306 e. The number of aliphatic hydroxyl groups excluding tert-OH is 1. The third kappa shape index (κ3) is 15.3. The van der Waals surface area contributed by atoms with Gasteiger partial charge in [0.05, 0.1) is 6.61 Å². The smallest absolute Gasteiger partial charge is 0.306 e. The van der Waals surface area contributed by atoms with E-state index < -0.39 is 0 Å². The molecule has 0 unspecified atom stereocenters. The molecule has 0 saturated carbocycles. The summed E-state index contributed by atoms with van der Waals surface area (Å²) in [5.41, 5.74) is 2.29. The first kappa shape index (κ1) is 26.5. The molecular formula is C26H45NO3. The normalized spacial score (nSPS) is 10.9. The van der Waals surface area contributed by atoms with Crippen LogP contribution in [0.2, 0.25) is 0 Å². The Morgan fingerprint density at radius 2 is 1.40 bits per heavy atom. The number of hydrogen-bond donors (Lipinski definition) is 2. The van der Waals surface area contributed by atoms with Crippen LogP contribution in [0.25, 0.3) is 0 Å². The van der Waals surface area contributed by atoms with E-state index in [4.69, 9.17) is 9.84 Å². The van der Waals surface area contributed by atoms with Crippen LogP contribution in [0.15, 0.2) is 24.3 Å². The van der Waals surface area contributed by atoms with Crippen molar-refractivity contribution in [3.05, 3.63) is 29.8 Å². The molecule has 4 nitrogen and oxygen atoms in total. The van der Waals surface area contributed by atoms with Gasteiger partial charge in [-0.15, -0.1) is 0 Å². The summed E-state index contributed by atoms with van der Waals surface area (Å²) in [5, 5.41) is 12.2. The van der Waals surface area contributed by atoms with Crippen molar-refractivity contribution in [3.8, 4) is 0 Å². The first-order valence-electron chi connectivity index (χ1n) is 12.4. The largest absolute Gasteiger partial charge is 0.466 e. The first-order valence-corrected chi connectivity index (χ1v) is 12.4. The summed E-state index contributed by atoms with van der Waals surface area (Å²) in [6.07, 6.45) is 18.1. The second kappa shape index (κ2) is 19.4. The minimum Gasteiger partial charge on any atom is -0.466 e. The molecule has 0 spiro atoms. The number of anilines is 1. The predicted octanol–water partition coefficient (Wildman–Crippen LogP) is 6.66. The standard InChI is InChI=1S/C26H45NO3/c1-2-3-4-5-6-7-8-9-10-11-12-13-21-27-25-18-15-24(16-19-25)17-20-26(29)30-23-14-22-28/h15-16,18-19,27-28H,2-14,17,20-23H2,1H3. The van der Waals surface area contributed by atoms with Crippen LogP contribution >= 0.6 is 0 Å². The fourth-order valence-electron chi connectivity index (χ4n) is 3.56. The fourth-order valence-corrected chi connectivity index (χ4v) is 3.56. The second-order valence-electron chi connectivity index (χ2n) is 8.31. The van der Waals surface area contributed by atoms with Crippen LogP contribution in [0.3, 0.4) is 0 Å². The summed E-state index contributed by atoms with van der Waals surface area (Å²) in [5.74, 6) is -0.197. The number of nitrogens with one attached hydrogen (secondary N) is 1. The number of hydrogen-bond acceptors (Lipinski definition) is 4. The molecule has 1 aromatic carbocycles. The molecule has 0 radical (unpaired) electrons. The van der Waals surface area contributed by atoms with Crippen molar-refractivity contribution in [2.75, 3.05) is 25.1 Å². The highest BCUT2D eigenvalue weighted by molar-refractivity contribution is 5.69. The minimum atomic E-state index is -0.197. The second-order valence-corrected chi connectivity index (χ2v) is 8.31. The van der Waals surface area contributed by atoms with E-state index in [0.29, 0.717) is 25.9 Å². The molecule has 0 atom stereocenters. The lowest BCUT2D eigenvalue weighted by molar-refractivity contribution is -0.143. The van der Waals surface area contributed by atoms with Gasteiger partial charge >= 0.3 is 5.97 Å². The van der Waals surface area contributed by atoms with E-state index in [1.54, 1.807) is 0 Å². The number of rotatable bonds is 20. The number of unbranched alkanes of at least 4 members (excludes halogenated alkanes) is 11. The maximum absolute atomic E-state index is 11.6. The van der Waals surface area contributed by atoms with Gasteiger partial charge in [0, 0.05) is 31.7 Å². The van der Waals surface area contributed by atoms with Crippen LogP contribution < -0.4 is 5.32 Å². The maximum atomic E-state index is 11.6. The van der Waals surface area contributed by atoms with Crippen LogP contribution in [0.5, 0.6) is 0 Å². The van der Waals surface area contributed by atoms with Crippen molar-refractivity contribution in [2.45, 2.75) is 103 Å². The molecule has 1 aromatic rings. The molecule has 0 aliphatic carbocycles. The van der Waals surface area contributed by atoms with Crippen molar-refractivity contribution < 1.29 is 14.6 Å². The monoisotopic (exact) mass is 419 g/mol. The van der Waals surface area contributed by atoms with E-state index >= 15 is 0 Å². The Morgan fingerprint density at radius 3 is 1.97 bits per heavy atom. The lowest BCUT2D eigenvalue weighted by Crippen LogP contribution is -2.08. The fraction of sp³-hybridized carbons (Fsp3) is 0.731. The molecule has 30 heavy (non-hydrogen) atoms. The summed E-state index contributed by atoms with van der Waals surface area (Å²) in [4.78, 5) is 11.6. The Morgan fingerprint density at radius 1 is 0.833 bits per heavy atom. The Labute approximate surface area is 184 Å². The van der Waals surface area contributed by atoms with E-state index in [1.165, 1.54) is 77.0 Å². The van der Waals surface area contributed by atoms with Gasteiger partial charge in [0.25, 0.3) is 0 Å². The highest BCUT2D eigenvalue weighted by Gasteiger charge is 2.03. The highest BCUT2D eigenvalue weighted by atomic mass is 16.5. The molecule has 0 saturated heterocycles. The molecular weight excluding hydrogens is 374 g/mol. The van der Waals surface area contributed by atoms with Gasteiger partial charge < -0.3 is 15.2 Å². The molecule has 1 rings (SSSR count). The zero-order valence-electron chi connectivity index (χ0n) is 19.3. The van der Waals surface area contributed by atoms with Crippen LogP contribution in [0.1, 0.15) is 102 Å². The predicted molar refractivity (Wildman–Crippen MR) is 127 cm³/mol. The molecule has 0 aliphatic heterocycles. The van der Waals surface area contributed by atoms with Gasteiger partial charge in [-0.2, -0.15) is 0 Å². The summed E-state index contributed by atoms with van der Waals surface area (Å²) in [6, 6.07) is 8.33. The van der Waals surface area contributed by atoms with Gasteiger partial charge in [-0.3, -0.25) is 4.79 Å². The first-order chi connectivity index (χ1) is 14.8. The number of ether oxygens (including phenoxy) is 1. The summed E-state index contributed by atoms with van der Waals surface area (Å²) in [6.45, 7) is 3.66. The van der Waals surface area contributed by atoms with Crippen LogP contribution in [0.4, 0.5) is 5.69 Å². The quantitative estimate of drug-likeness (QED) is 0.183. The lowest BCUT2D eigenvalue weighted by atomic mass is 10.1. The van der Waals surface area contributed by atoms with E-state index in [-0.39, 0.29) is 12.6 Å². The SMILES string of the molecule is CCCCCCCCCCCCCCNc1ccc(CCC(=O)OCCCO)cc1. The number of esters is 1. The molecule has 4 heteroatoms. The third-order valence-electron chi connectivity index (χ3n) is 5.50. The van der Waals surface area contributed by atoms with Crippen LogP contribution in [0, 0.1) is 0 Å². The average molecular weight is 420 g/mol. The molecule has 0 amide bonds. The third-order valence-corrected chi connectivity index (χ3v) is 5.50. The molecule has 2 N–H and O–H groups in total. The van der Waals surface area contributed by atoms with Crippen molar-refractivity contribution in [3.63, 3.8) is 0 Å². The van der Waals surface area contributed by atoms with Gasteiger partial charge in [-0.25, -0.2) is 0 Å². The number of carbonyl (C=O) groups excluding carboxylic acids is 1. The van der Waals surface area contributed by atoms with Crippen LogP contribution in [-0.2, 0) is 16.0 Å². The van der Waals surface area contributed by atoms with Crippen molar-refractivity contribution >= 4 is 11.7 Å². The van der Waals surface area contributed by atoms with E-state index in [2.05, 4.69) is 36.5 Å². The zero-order chi connectivity index (χ0) is 21.7. The van der Waals surface area contributed by atoms with E-state index in [0.717, 1.165) is 17.8 Å². The van der Waals surface area contributed by atoms with Crippen molar-refractivity contribution in [1.29, 1.82) is 0 Å². The Bertz CT molecular complexity index is 516. The Kier molecular flexibility index (Phi) is 17.1. The molecule has 0 heterocycles. The topological polar surface area (TPSA) is 58.6 Å². The number of aryl methyl sites for hydroxylation is 1. The summed E-state index contributed by atoms with van der Waals surface area (Å²) >= 11 is 0. The van der Waals surface area contributed by atoms with Gasteiger partial charge in [0.1, 0.15) is 0 Å². The van der Waals surface area contributed by atoms with Gasteiger partial charge in [-0.05, 0) is 30.5 Å². The van der Waals surface area contributed by atoms with Crippen molar-refractivity contribution in [2.24, 2.45) is 0 Å². The van der Waals surface area contributed by atoms with Crippen LogP contribution in [-0.4, -0.2) is 30.8 Å².